The van der Waals surface area contributed by atoms with Crippen molar-refractivity contribution in [3.63, 3.8) is 0 Å². The third kappa shape index (κ3) is 4.01. The molecular formula is C20H20FN3O4S. The zero-order valence-corrected chi connectivity index (χ0v) is 16.6. The normalized spacial score (nSPS) is 17.9. The van der Waals surface area contributed by atoms with Crippen LogP contribution in [0.2, 0.25) is 0 Å². The SMILES string of the molecule is COc1cccc(-c2noc([C@@H]3CCCN(S(=O)(=O)c4cccc(F)c4)C3)n2)c1. The number of aromatic nitrogens is 2. The van der Waals surface area contributed by atoms with Gasteiger partial charge in [0, 0.05) is 18.7 Å². The van der Waals surface area contributed by atoms with Crippen molar-refractivity contribution in [2.75, 3.05) is 20.2 Å². The van der Waals surface area contributed by atoms with Crippen molar-refractivity contribution >= 4 is 10.0 Å². The molecular weight excluding hydrogens is 397 g/mol. The van der Waals surface area contributed by atoms with Crippen LogP contribution in [0.1, 0.15) is 24.7 Å². The monoisotopic (exact) mass is 417 g/mol. The number of hydrogen-bond donors (Lipinski definition) is 0. The fourth-order valence-corrected chi connectivity index (χ4v) is 4.98. The fraction of sp³-hybridized carbons (Fsp3) is 0.300. The molecule has 0 bridgehead atoms. The molecule has 3 aromatic rings. The fourth-order valence-electron chi connectivity index (χ4n) is 3.42. The van der Waals surface area contributed by atoms with Gasteiger partial charge in [-0.05, 0) is 43.2 Å². The molecule has 0 unspecified atom stereocenters. The lowest BCUT2D eigenvalue weighted by molar-refractivity contribution is 0.265. The Morgan fingerprint density at radius 2 is 2.03 bits per heavy atom. The number of benzene rings is 2. The second-order valence-electron chi connectivity index (χ2n) is 6.85. The Kier molecular flexibility index (Phi) is 5.33. The van der Waals surface area contributed by atoms with Gasteiger partial charge in [0.15, 0.2) is 0 Å². The first-order chi connectivity index (χ1) is 14.0. The Hall–Kier alpha value is -2.78. The molecule has 1 aromatic heterocycles. The van der Waals surface area contributed by atoms with Crippen molar-refractivity contribution in [1.29, 1.82) is 0 Å². The van der Waals surface area contributed by atoms with Crippen molar-refractivity contribution in [1.82, 2.24) is 14.4 Å². The molecule has 7 nitrogen and oxygen atoms in total. The van der Waals surface area contributed by atoms with E-state index in [1.807, 2.05) is 18.2 Å². The molecule has 2 heterocycles. The molecule has 0 radical (unpaired) electrons. The zero-order valence-electron chi connectivity index (χ0n) is 15.8. The summed E-state index contributed by atoms with van der Waals surface area (Å²) >= 11 is 0. The molecule has 9 heteroatoms. The van der Waals surface area contributed by atoms with Gasteiger partial charge in [0.2, 0.25) is 21.7 Å². The van der Waals surface area contributed by atoms with E-state index >= 15 is 0 Å². The molecule has 1 saturated heterocycles. The van der Waals surface area contributed by atoms with Crippen LogP contribution in [0.3, 0.4) is 0 Å². The topological polar surface area (TPSA) is 85.5 Å². The van der Waals surface area contributed by atoms with E-state index in [1.54, 1.807) is 13.2 Å². The largest absolute Gasteiger partial charge is 0.497 e. The number of rotatable bonds is 5. The molecule has 0 spiro atoms. The van der Waals surface area contributed by atoms with Gasteiger partial charge in [-0.1, -0.05) is 23.4 Å². The number of hydrogen-bond acceptors (Lipinski definition) is 6. The Balaban J connectivity index is 1.55. The van der Waals surface area contributed by atoms with Crippen LogP contribution in [0.5, 0.6) is 5.75 Å². The third-order valence-corrected chi connectivity index (χ3v) is 6.80. The summed E-state index contributed by atoms with van der Waals surface area (Å²) in [6.45, 7) is 0.574. The Bertz CT molecular complexity index is 1120. The number of nitrogens with zero attached hydrogens (tertiary/aromatic N) is 3. The predicted molar refractivity (Wildman–Crippen MR) is 103 cm³/mol. The maximum atomic E-state index is 13.5. The molecule has 0 saturated carbocycles. The lowest BCUT2D eigenvalue weighted by Gasteiger charge is -2.30. The maximum absolute atomic E-state index is 13.5. The highest BCUT2D eigenvalue weighted by Crippen LogP contribution is 2.31. The van der Waals surface area contributed by atoms with Crippen molar-refractivity contribution in [2.24, 2.45) is 0 Å². The van der Waals surface area contributed by atoms with Gasteiger partial charge >= 0.3 is 0 Å². The van der Waals surface area contributed by atoms with Crippen LogP contribution in [-0.4, -0.2) is 43.1 Å². The van der Waals surface area contributed by atoms with Crippen LogP contribution in [0.25, 0.3) is 11.4 Å². The number of ether oxygens (including phenoxy) is 1. The number of piperidine rings is 1. The Morgan fingerprint density at radius 1 is 1.21 bits per heavy atom. The van der Waals surface area contributed by atoms with Crippen molar-refractivity contribution < 1.29 is 22.1 Å². The zero-order chi connectivity index (χ0) is 20.4. The van der Waals surface area contributed by atoms with Gasteiger partial charge in [0.1, 0.15) is 11.6 Å². The number of sulfonamides is 1. The summed E-state index contributed by atoms with van der Waals surface area (Å²) in [5, 5.41) is 4.03. The van der Waals surface area contributed by atoms with E-state index in [-0.39, 0.29) is 17.4 Å². The van der Waals surface area contributed by atoms with Crippen LogP contribution in [0.15, 0.2) is 57.9 Å². The first-order valence-electron chi connectivity index (χ1n) is 9.21. The first kappa shape index (κ1) is 19.5. The molecule has 1 atom stereocenters. The van der Waals surface area contributed by atoms with Crippen molar-refractivity contribution in [3.05, 3.63) is 60.2 Å². The number of methoxy groups -OCH3 is 1. The molecule has 1 fully saturated rings. The van der Waals surface area contributed by atoms with Gasteiger partial charge in [-0.25, -0.2) is 12.8 Å². The van der Waals surface area contributed by atoms with Crippen LogP contribution in [-0.2, 0) is 10.0 Å². The van der Waals surface area contributed by atoms with Crippen LogP contribution < -0.4 is 4.74 Å². The van der Waals surface area contributed by atoms with E-state index < -0.39 is 15.8 Å². The van der Waals surface area contributed by atoms with E-state index in [2.05, 4.69) is 10.1 Å². The summed E-state index contributed by atoms with van der Waals surface area (Å²) in [6.07, 6.45) is 1.38. The van der Waals surface area contributed by atoms with Gasteiger partial charge in [-0.3, -0.25) is 0 Å². The van der Waals surface area contributed by atoms with Crippen LogP contribution >= 0.6 is 0 Å². The summed E-state index contributed by atoms with van der Waals surface area (Å²) in [5.41, 5.74) is 0.749. The molecule has 2 aromatic carbocycles. The molecule has 1 aliphatic rings. The van der Waals surface area contributed by atoms with Gasteiger partial charge in [-0.2, -0.15) is 9.29 Å². The van der Waals surface area contributed by atoms with Crippen molar-refractivity contribution in [2.45, 2.75) is 23.7 Å². The van der Waals surface area contributed by atoms with Gasteiger partial charge in [0.25, 0.3) is 0 Å². The molecule has 29 heavy (non-hydrogen) atoms. The van der Waals surface area contributed by atoms with Crippen LogP contribution in [0, 0.1) is 5.82 Å². The minimum Gasteiger partial charge on any atom is -0.497 e. The highest BCUT2D eigenvalue weighted by molar-refractivity contribution is 7.89. The minimum absolute atomic E-state index is 0.0549. The van der Waals surface area contributed by atoms with Gasteiger partial charge < -0.3 is 9.26 Å². The highest BCUT2D eigenvalue weighted by atomic mass is 32.2. The average Bonchev–Trinajstić information content (AvgIpc) is 3.24. The second kappa shape index (κ2) is 7.92. The van der Waals surface area contributed by atoms with Gasteiger partial charge in [0.05, 0.1) is 17.9 Å². The standard InChI is InChI=1S/C20H20FN3O4S/c1-27-17-8-2-5-14(11-17)19-22-20(28-23-19)15-6-4-10-24(13-15)29(25,26)18-9-3-7-16(21)12-18/h2-3,5,7-9,11-12,15H,4,6,10,13H2,1H3/t15-/m1/s1. The molecule has 1 aliphatic heterocycles. The summed E-state index contributed by atoms with van der Waals surface area (Å²) in [5.74, 6) is 0.684. The van der Waals surface area contributed by atoms with E-state index in [9.17, 15) is 12.8 Å². The molecule has 0 N–H and O–H groups in total. The van der Waals surface area contributed by atoms with Crippen LogP contribution in [0.4, 0.5) is 4.39 Å². The van der Waals surface area contributed by atoms with E-state index in [1.165, 1.54) is 22.5 Å². The number of halogens is 1. The molecule has 0 amide bonds. The van der Waals surface area contributed by atoms with Crippen molar-refractivity contribution in [3.8, 4) is 17.1 Å². The second-order valence-corrected chi connectivity index (χ2v) is 8.79. The van der Waals surface area contributed by atoms with E-state index in [0.29, 0.717) is 30.4 Å². The Morgan fingerprint density at radius 3 is 2.83 bits per heavy atom. The average molecular weight is 417 g/mol. The lowest BCUT2D eigenvalue weighted by Crippen LogP contribution is -2.39. The third-order valence-electron chi connectivity index (χ3n) is 4.94. The summed E-state index contributed by atoms with van der Waals surface area (Å²) in [7, 11) is -2.21. The highest BCUT2D eigenvalue weighted by Gasteiger charge is 2.33. The van der Waals surface area contributed by atoms with E-state index in [0.717, 1.165) is 18.1 Å². The lowest BCUT2D eigenvalue weighted by atomic mass is 10.00. The first-order valence-corrected chi connectivity index (χ1v) is 10.6. The maximum Gasteiger partial charge on any atom is 0.243 e. The summed E-state index contributed by atoms with van der Waals surface area (Å²) in [4.78, 5) is 4.41. The summed E-state index contributed by atoms with van der Waals surface area (Å²) < 4.78 is 51.3. The predicted octanol–water partition coefficient (Wildman–Crippen LogP) is 3.45. The quantitative estimate of drug-likeness (QED) is 0.632. The minimum atomic E-state index is -3.79. The molecule has 4 rings (SSSR count). The molecule has 152 valence electrons. The van der Waals surface area contributed by atoms with E-state index in [4.69, 9.17) is 9.26 Å². The summed E-state index contributed by atoms with van der Waals surface area (Å²) in [6, 6.07) is 12.3. The Labute approximate surface area is 168 Å². The molecule has 0 aliphatic carbocycles. The van der Waals surface area contributed by atoms with Gasteiger partial charge in [-0.15, -0.1) is 0 Å². The smallest absolute Gasteiger partial charge is 0.243 e.